The predicted octanol–water partition coefficient (Wildman–Crippen LogP) is 1.60. The molecule has 8 nitrogen and oxygen atoms in total. The molecule has 2 N–H and O–H groups in total. The molecule has 0 bridgehead atoms. The van der Waals surface area contributed by atoms with E-state index < -0.39 is 40.0 Å². The van der Waals surface area contributed by atoms with Crippen LogP contribution in [0.3, 0.4) is 0 Å². The zero-order valence-corrected chi connectivity index (χ0v) is 17.5. The summed E-state index contributed by atoms with van der Waals surface area (Å²) in [4.78, 5) is 50.1. The number of methoxy groups -OCH3 is 1. The number of aliphatic carboxylic acids is 1. The number of carbonyl (C=O) groups is 4. The maximum atomic E-state index is 12.5. The number of nitrogens with zero attached hydrogens (tertiary/aromatic N) is 1. The van der Waals surface area contributed by atoms with E-state index >= 15 is 0 Å². The number of carboxylic acid groups (broad SMARTS) is 1. The SMILES string of the molecule is COc1ccc(C)cc1C(=O)CCC(=O)N[C@@H]1C(=O)N2[C@@H]1SC(C)(C)[C@@H]2C(=O)O. The van der Waals surface area contributed by atoms with E-state index in [-0.39, 0.29) is 18.6 Å². The van der Waals surface area contributed by atoms with Gasteiger partial charge in [-0.05, 0) is 32.9 Å². The van der Waals surface area contributed by atoms with Crippen LogP contribution in [0, 0.1) is 6.92 Å². The number of β-lactam (4-membered cyclic amide) rings is 1. The quantitative estimate of drug-likeness (QED) is 0.509. The van der Waals surface area contributed by atoms with E-state index in [1.165, 1.54) is 23.8 Å². The summed E-state index contributed by atoms with van der Waals surface area (Å²) in [5, 5.41) is 11.7. The number of Topliss-reactive ketones (excluding diaryl/α,β-unsaturated/α-hetero) is 1. The summed E-state index contributed by atoms with van der Waals surface area (Å²) in [5.41, 5.74) is 1.33. The minimum Gasteiger partial charge on any atom is -0.496 e. The number of carboxylic acids is 1. The van der Waals surface area contributed by atoms with Gasteiger partial charge in [-0.3, -0.25) is 14.4 Å². The third-order valence-electron chi connectivity index (χ3n) is 5.23. The van der Waals surface area contributed by atoms with Gasteiger partial charge in [-0.2, -0.15) is 0 Å². The summed E-state index contributed by atoms with van der Waals surface area (Å²) in [5.74, 6) is -1.64. The van der Waals surface area contributed by atoms with Gasteiger partial charge in [-0.15, -0.1) is 11.8 Å². The van der Waals surface area contributed by atoms with Crippen molar-refractivity contribution < 1.29 is 29.0 Å². The molecule has 2 aliphatic rings. The summed E-state index contributed by atoms with van der Waals surface area (Å²) in [6.07, 6.45) is -0.0832. The zero-order valence-electron chi connectivity index (χ0n) is 16.7. The Kier molecular flexibility index (Phi) is 5.62. The van der Waals surface area contributed by atoms with Gasteiger partial charge in [0.15, 0.2) is 5.78 Å². The van der Waals surface area contributed by atoms with Crippen molar-refractivity contribution in [3.05, 3.63) is 29.3 Å². The lowest BCUT2D eigenvalue weighted by Crippen LogP contribution is -2.70. The number of aryl methyl sites for hydroxylation is 1. The molecule has 2 fully saturated rings. The zero-order chi connectivity index (χ0) is 21.5. The number of hydrogen-bond acceptors (Lipinski definition) is 6. The summed E-state index contributed by atoms with van der Waals surface area (Å²) in [6.45, 7) is 5.41. The first-order chi connectivity index (χ1) is 13.6. The smallest absolute Gasteiger partial charge is 0.327 e. The fraction of sp³-hybridized carbons (Fsp3) is 0.500. The van der Waals surface area contributed by atoms with E-state index in [1.54, 1.807) is 26.0 Å². The standard InChI is InChI=1S/C20H24N2O6S/c1-10-5-7-13(28-4)11(9-10)12(23)6-8-14(24)21-15-17(25)22-16(19(26)27)20(2,3)29-18(15)22/h5,7,9,15-16,18H,6,8H2,1-4H3,(H,21,24)(H,26,27)/t15-,16+,18-/m1/s1. The van der Waals surface area contributed by atoms with Crippen molar-refractivity contribution >= 4 is 35.3 Å². The minimum absolute atomic E-state index is 0.0165. The first-order valence-electron chi connectivity index (χ1n) is 9.27. The molecule has 2 heterocycles. The highest BCUT2D eigenvalue weighted by Crippen LogP contribution is 2.50. The van der Waals surface area contributed by atoms with Crippen molar-refractivity contribution in [2.45, 2.75) is 55.8 Å². The Morgan fingerprint density at radius 1 is 1.28 bits per heavy atom. The van der Waals surface area contributed by atoms with Crippen LogP contribution < -0.4 is 10.1 Å². The van der Waals surface area contributed by atoms with Crippen molar-refractivity contribution in [1.29, 1.82) is 0 Å². The Labute approximate surface area is 173 Å². The van der Waals surface area contributed by atoms with E-state index in [4.69, 9.17) is 4.74 Å². The van der Waals surface area contributed by atoms with Crippen LogP contribution in [0.4, 0.5) is 0 Å². The van der Waals surface area contributed by atoms with Gasteiger partial charge in [0.25, 0.3) is 0 Å². The van der Waals surface area contributed by atoms with Gasteiger partial charge in [-0.25, -0.2) is 4.79 Å². The van der Waals surface area contributed by atoms with Gasteiger partial charge in [0.2, 0.25) is 11.8 Å². The Morgan fingerprint density at radius 2 is 1.97 bits per heavy atom. The molecule has 1 aromatic carbocycles. The fourth-order valence-electron chi connectivity index (χ4n) is 3.79. The Balaban J connectivity index is 1.59. The van der Waals surface area contributed by atoms with Crippen molar-refractivity contribution in [3.8, 4) is 5.75 Å². The molecule has 3 rings (SSSR count). The van der Waals surface area contributed by atoms with Crippen molar-refractivity contribution in [1.82, 2.24) is 10.2 Å². The number of carbonyl (C=O) groups excluding carboxylic acids is 3. The average molecular weight is 420 g/mol. The topological polar surface area (TPSA) is 113 Å². The second-order valence-electron chi connectivity index (χ2n) is 7.77. The van der Waals surface area contributed by atoms with Gasteiger partial charge >= 0.3 is 5.97 Å². The molecule has 2 saturated heterocycles. The van der Waals surface area contributed by atoms with Gasteiger partial charge < -0.3 is 20.1 Å². The van der Waals surface area contributed by atoms with Crippen molar-refractivity contribution in [2.75, 3.05) is 7.11 Å². The van der Waals surface area contributed by atoms with Crippen LogP contribution in [0.5, 0.6) is 5.75 Å². The van der Waals surface area contributed by atoms with Gasteiger partial charge in [0.1, 0.15) is 23.2 Å². The molecule has 29 heavy (non-hydrogen) atoms. The normalized spacial score (nSPS) is 24.5. The van der Waals surface area contributed by atoms with Crippen molar-refractivity contribution in [2.24, 2.45) is 0 Å². The molecule has 0 aromatic heterocycles. The van der Waals surface area contributed by atoms with Crippen LogP contribution in [-0.4, -0.2) is 62.9 Å². The number of ketones is 1. The highest BCUT2D eigenvalue weighted by Gasteiger charge is 2.64. The number of fused-ring (bicyclic) bond motifs is 1. The molecular formula is C20H24N2O6S. The van der Waals surface area contributed by atoms with E-state index in [9.17, 15) is 24.3 Å². The molecule has 0 radical (unpaired) electrons. The van der Waals surface area contributed by atoms with Crippen LogP contribution in [0.15, 0.2) is 18.2 Å². The summed E-state index contributed by atoms with van der Waals surface area (Å²) >= 11 is 1.36. The van der Waals surface area contributed by atoms with E-state index in [0.29, 0.717) is 11.3 Å². The average Bonchev–Trinajstić information content (AvgIpc) is 2.92. The summed E-state index contributed by atoms with van der Waals surface area (Å²) < 4.78 is 4.56. The minimum atomic E-state index is -1.05. The van der Waals surface area contributed by atoms with Crippen LogP contribution in [0.2, 0.25) is 0 Å². The van der Waals surface area contributed by atoms with Crippen LogP contribution in [0.1, 0.15) is 42.6 Å². The highest BCUT2D eigenvalue weighted by atomic mass is 32.2. The molecule has 0 aliphatic carbocycles. The molecule has 0 saturated carbocycles. The first-order valence-corrected chi connectivity index (χ1v) is 10.1. The van der Waals surface area contributed by atoms with E-state index in [0.717, 1.165) is 5.56 Å². The molecule has 1 aromatic rings. The number of nitrogens with one attached hydrogen (secondary N) is 1. The molecular weight excluding hydrogens is 396 g/mol. The number of benzene rings is 1. The van der Waals surface area contributed by atoms with Crippen molar-refractivity contribution in [3.63, 3.8) is 0 Å². The van der Waals surface area contributed by atoms with E-state index in [1.807, 2.05) is 13.0 Å². The highest BCUT2D eigenvalue weighted by molar-refractivity contribution is 8.01. The number of hydrogen-bond donors (Lipinski definition) is 2. The molecule has 0 spiro atoms. The first kappa shape index (κ1) is 21.2. The molecule has 2 amide bonds. The Morgan fingerprint density at radius 3 is 2.59 bits per heavy atom. The molecule has 0 unspecified atom stereocenters. The third-order valence-corrected chi connectivity index (χ3v) is 6.80. The van der Waals surface area contributed by atoms with E-state index in [2.05, 4.69) is 5.32 Å². The lowest BCUT2D eigenvalue weighted by Gasteiger charge is -2.43. The summed E-state index contributed by atoms with van der Waals surface area (Å²) in [6, 6.07) is 3.58. The second kappa shape index (κ2) is 7.70. The number of amides is 2. The Bertz CT molecular complexity index is 884. The Hall–Kier alpha value is -2.55. The van der Waals surface area contributed by atoms with Gasteiger partial charge in [0.05, 0.1) is 12.7 Å². The molecule has 9 heteroatoms. The van der Waals surface area contributed by atoms with Crippen LogP contribution >= 0.6 is 11.8 Å². The lowest BCUT2D eigenvalue weighted by molar-refractivity contribution is -0.161. The third kappa shape index (κ3) is 3.83. The van der Waals surface area contributed by atoms with Crippen LogP contribution in [0.25, 0.3) is 0 Å². The lowest BCUT2D eigenvalue weighted by atomic mass is 9.96. The maximum Gasteiger partial charge on any atom is 0.327 e. The molecule has 156 valence electrons. The molecule has 3 atom stereocenters. The van der Waals surface area contributed by atoms with Crippen LogP contribution in [-0.2, 0) is 14.4 Å². The van der Waals surface area contributed by atoms with Gasteiger partial charge in [-0.1, -0.05) is 11.6 Å². The fourth-order valence-corrected chi connectivity index (χ4v) is 5.42. The number of thioether (sulfide) groups is 1. The van der Waals surface area contributed by atoms with Gasteiger partial charge in [0, 0.05) is 17.6 Å². The second-order valence-corrected chi connectivity index (χ2v) is 9.54. The summed E-state index contributed by atoms with van der Waals surface area (Å²) in [7, 11) is 1.48. The molecule has 2 aliphatic heterocycles. The maximum absolute atomic E-state index is 12.5. The monoisotopic (exact) mass is 420 g/mol. The largest absolute Gasteiger partial charge is 0.496 e. The predicted molar refractivity (Wildman–Crippen MR) is 107 cm³/mol. The number of rotatable bonds is 7. The number of ether oxygens (including phenoxy) is 1.